The minimum Gasteiger partial charge on any atom is -0.479 e. The van der Waals surface area contributed by atoms with Gasteiger partial charge in [0.15, 0.2) is 5.82 Å². The number of carbonyl (C=O) groups excluding carboxylic acids is 1. The molecule has 1 amide bonds. The third-order valence-corrected chi connectivity index (χ3v) is 3.64. The minimum atomic E-state index is -0.676. The SMILES string of the molecule is COc1ncc(NNC(=O)c2ccc(-c3ccccc3)c(F)c2)cc1F. The van der Waals surface area contributed by atoms with Gasteiger partial charge in [0.1, 0.15) is 5.82 Å². The number of hydrogen-bond donors (Lipinski definition) is 2. The molecule has 26 heavy (non-hydrogen) atoms. The Balaban J connectivity index is 1.70. The molecule has 2 aromatic carbocycles. The molecule has 0 spiro atoms. The number of ether oxygens (including phenoxy) is 1. The minimum absolute atomic E-state index is 0.122. The summed E-state index contributed by atoms with van der Waals surface area (Å²) < 4.78 is 32.6. The summed E-state index contributed by atoms with van der Waals surface area (Å²) in [5, 5.41) is 0. The zero-order valence-electron chi connectivity index (χ0n) is 13.8. The number of pyridine rings is 1. The normalized spacial score (nSPS) is 10.3. The monoisotopic (exact) mass is 355 g/mol. The third-order valence-electron chi connectivity index (χ3n) is 3.64. The van der Waals surface area contributed by atoms with E-state index in [1.165, 1.54) is 25.4 Å². The van der Waals surface area contributed by atoms with Gasteiger partial charge in [-0.1, -0.05) is 36.4 Å². The molecule has 1 aromatic heterocycles. The molecule has 0 aliphatic carbocycles. The predicted molar refractivity (Wildman–Crippen MR) is 93.7 cm³/mol. The van der Waals surface area contributed by atoms with Crippen LogP contribution in [0.4, 0.5) is 14.5 Å². The fourth-order valence-corrected chi connectivity index (χ4v) is 2.35. The van der Waals surface area contributed by atoms with Crippen molar-refractivity contribution in [2.45, 2.75) is 0 Å². The average Bonchev–Trinajstić information content (AvgIpc) is 2.66. The predicted octanol–water partition coefficient (Wildman–Crippen LogP) is 3.79. The lowest BCUT2D eigenvalue weighted by atomic mass is 10.0. The topological polar surface area (TPSA) is 63.2 Å². The van der Waals surface area contributed by atoms with Crippen LogP contribution in [0.1, 0.15) is 10.4 Å². The fraction of sp³-hybridized carbons (Fsp3) is 0.0526. The summed E-state index contributed by atoms with van der Waals surface area (Å²) in [5.41, 5.74) is 6.34. The molecule has 0 fully saturated rings. The van der Waals surface area contributed by atoms with Crippen LogP contribution in [0.15, 0.2) is 60.8 Å². The van der Waals surface area contributed by atoms with E-state index in [0.717, 1.165) is 17.7 Å². The van der Waals surface area contributed by atoms with Crippen LogP contribution < -0.4 is 15.6 Å². The molecular formula is C19H15F2N3O2. The van der Waals surface area contributed by atoms with E-state index < -0.39 is 17.5 Å². The maximum atomic E-state index is 14.3. The lowest BCUT2D eigenvalue weighted by Crippen LogP contribution is -2.29. The van der Waals surface area contributed by atoms with E-state index >= 15 is 0 Å². The molecule has 0 unspecified atom stereocenters. The van der Waals surface area contributed by atoms with Gasteiger partial charge in [-0.15, -0.1) is 0 Å². The Kier molecular flexibility index (Phi) is 5.07. The molecule has 0 bridgehead atoms. The lowest BCUT2D eigenvalue weighted by molar-refractivity contribution is 0.0962. The molecule has 1 heterocycles. The van der Waals surface area contributed by atoms with Gasteiger partial charge in [0.05, 0.1) is 19.0 Å². The highest BCUT2D eigenvalue weighted by atomic mass is 19.1. The van der Waals surface area contributed by atoms with E-state index in [4.69, 9.17) is 4.74 Å². The highest BCUT2D eigenvalue weighted by molar-refractivity contribution is 5.95. The highest BCUT2D eigenvalue weighted by Gasteiger charge is 2.11. The van der Waals surface area contributed by atoms with Crippen molar-refractivity contribution >= 4 is 11.6 Å². The van der Waals surface area contributed by atoms with Crippen molar-refractivity contribution in [3.8, 4) is 17.0 Å². The molecule has 0 radical (unpaired) electrons. The first kappa shape index (κ1) is 17.3. The van der Waals surface area contributed by atoms with Gasteiger partial charge in [0, 0.05) is 17.2 Å². The number of benzene rings is 2. The summed E-state index contributed by atoms with van der Waals surface area (Å²) in [6.45, 7) is 0. The summed E-state index contributed by atoms with van der Waals surface area (Å²) >= 11 is 0. The second-order valence-electron chi connectivity index (χ2n) is 5.35. The molecule has 0 atom stereocenters. The number of anilines is 1. The van der Waals surface area contributed by atoms with E-state index in [9.17, 15) is 13.6 Å². The lowest BCUT2D eigenvalue weighted by Gasteiger charge is -2.10. The Bertz CT molecular complexity index is 933. The molecule has 3 aromatic rings. The first-order valence-electron chi connectivity index (χ1n) is 7.69. The number of hydrazine groups is 1. The zero-order chi connectivity index (χ0) is 18.5. The molecule has 2 N–H and O–H groups in total. The van der Waals surface area contributed by atoms with E-state index in [1.54, 1.807) is 24.3 Å². The van der Waals surface area contributed by atoms with Gasteiger partial charge >= 0.3 is 0 Å². The first-order chi connectivity index (χ1) is 12.6. The maximum absolute atomic E-state index is 14.3. The maximum Gasteiger partial charge on any atom is 0.269 e. The molecule has 7 heteroatoms. The van der Waals surface area contributed by atoms with Gasteiger partial charge in [-0.2, -0.15) is 0 Å². The Morgan fingerprint density at radius 2 is 1.81 bits per heavy atom. The van der Waals surface area contributed by atoms with Crippen LogP contribution >= 0.6 is 0 Å². The second-order valence-corrected chi connectivity index (χ2v) is 5.35. The average molecular weight is 355 g/mol. The third kappa shape index (κ3) is 3.77. The van der Waals surface area contributed by atoms with E-state index in [2.05, 4.69) is 15.8 Å². The van der Waals surface area contributed by atoms with Crippen LogP contribution in [0.5, 0.6) is 5.88 Å². The van der Waals surface area contributed by atoms with Gasteiger partial charge in [-0.25, -0.2) is 13.8 Å². The van der Waals surface area contributed by atoms with Gasteiger partial charge in [0.25, 0.3) is 5.91 Å². The van der Waals surface area contributed by atoms with Crippen LogP contribution in [0.3, 0.4) is 0 Å². The molecule has 132 valence electrons. The summed E-state index contributed by atoms with van der Waals surface area (Å²) in [6.07, 6.45) is 1.29. The summed E-state index contributed by atoms with van der Waals surface area (Å²) in [6, 6.07) is 14.3. The molecule has 0 aliphatic rings. The van der Waals surface area contributed by atoms with Crippen LogP contribution in [0.25, 0.3) is 11.1 Å². The van der Waals surface area contributed by atoms with Crippen LogP contribution in [-0.2, 0) is 0 Å². The second kappa shape index (κ2) is 7.60. The van der Waals surface area contributed by atoms with Gasteiger partial charge < -0.3 is 4.74 Å². The number of halogens is 2. The van der Waals surface area contributed by atoms with Crippen LogP contribution in [-0.4, -0.2) is 18.0 Å². The quantitative estimate of drug-likeness (QED) is 0.684. The van der Waals surface area contributed by atoms with Gasteiger partial charge in [0.2, 0.25) is 5.88 Å². The summed E-state index contributed by atoms with van der Waals surface area (Å²) in [7, 11) is 1.30. The molecule has 3 rings (SSSR count). The van der Waals surface area contributed by atoms with Crippen molar-refractivity contribution in [2.75, 3.05) is 12.5 Å². The van der Waals surface area contributed by atoms with Crippen molar-refractivity contribution in [1.29, 1.82) is 0 Å². The first-order valence-corrected chi connectivity index (χ1v) is 7.69. The summed E-state index contributed by atoms with van der Waals surface area (Å²) in [4.78, 5) is 15.9. The van der Waals surface area contributed by atoms with Crippen LogP contribution in [0, 0.1) is 11.6 Å². The Labute approximate surface area is 148 Å². The Morgan fingerprint density at radius 3 is 2.46 bits per heavy atom. The number of nitrogens with zero attached hydrogens (tertiary/aromatic N) is 1. The van der Waals surface area contributed by atoms with E-state index in [0.29, 0.717) is 5.56 Å². The molecule has 0 saturated heterocycles. The summed E-state index contributed by atoms with van der Waals surface area (Å²) in [5.74, 6) is -1.91. The number of amides is 1. The Morgan fingerprint density at radius 1 is 1.04 bits per heavy atom. The van der Waals surface area contributed by atoms with Crippen molar-refractivity contribution < 1.29 is 18.3 Å². The number of hydrogen-bond acceptors (Lipinski definition) is 4. The van der Waals surface area contributed by atoms with Gasteiger partial charge in [-0.3, -0.25) is 15.6 Å². The number of nitrogens with one attached hydrogen (secondary N) is 2. The molecular weight excluding hydrogens is 340 g/mol. The van der Waals surface area contributed by atoms with Crippen molar-refractivity contribution in [1.82, 2.24) is 10.4 Å². The number of carbonyl (C=O) groups is 1. The van der Waals surface area contributed by atoms with Gasteiger partial charge in [-0.05, 0) is 17.7 Å². The largest absolute Gasteiger partial charge is 0.479 e. The van der Waals surface area contributed by atoms with Crippen molar-refractivity contribution in [3.05, 3.63) is 78.0 Å². The smallest absolute Gasteiger partial charge is 0.269 e. The standard InChI is InChI=1S/C19H15F2N3O2/c1-26-19-17(21)10-14(11-22-19)23-24-18(25)13-7-8-15(16(20)9-13)12-5-3-2-4-6-12/h2-11,23H,1H3,(H,24,25). The Hall–Kier alpha value is -3.48. The van der Waals surface area contributed by atoms with Crippen molar-refractivity contribution in [2.24, 2.45) is 0 Å². The molecule has 0 saturated carbocycles. The zero-order valence-corrected chi connectivity index (χ0v) is 13.8. The molecule has 0 aliphatic heterocycles. The van der Waals surface area contributed by atoms with Crippen molar-refractivity contribution in [3.63, 3.8) is 0 Å². The highest BCUT2D eigenvalue weighted by Crippen LogP contribution is 2.23. The number of methoxy groups -OCH3 is 1. The van der Waals surface area contributed by atoms with Crippen LogP contribution in [0.2, 0.25) is 0 Å². The van der Waals surface area contributed by atoms with E-state index in [1.807, 2.05) is 6.07 Å². The fourth-order valence-electron chi connectivity index (χ4n) is 2.35. The number of rotatable bonds is 5. The van der Waals surface area contributed by atoms with E-state index in [-0.39, 0.29) is 17.1 Å². The number of aromatic nitrogens is 1. The molecule has 5 nitrogen and oxygen atoms in total.